The third-order valence-corrected chi connectivity index (χ3v) is 1.69. The van der Waals surface area contributed by atoms with Crippen LogP contribution in [0.5, 0.6) is 0 Å². The molecule has 1 aromatic heterocycles. The largest absolute Gasteiger partial charge is 0.448 e. The van der Waals surface area contributed by atoms with E-state index in [2.05, 4.69) is 10.5 Å². The Hall–Kier alpha value is -2.38. The van der Waals surface area contributed by atoms with Crippen molar-refractivity contribution in [3.05, 3.63) is 28.0 Å². The summed E-state index contributed by atoms with van der Waals surface area (Å²) in [6.45, 7) is 4.09. The summed E-state index contributed by atoms with van der Waals surface area (Å²) in [5.41, 5.74) is 2.10. The Morgan fingerprint density at radius 1 is 1.67 bits per heavy atom. The highest BCUT2D eigenvalue weighted by Crippen LogP contribution is 2.13. The number of carbonyl (C=O) groups excluding carboxylic acids is 1. The first-order chi connectivity index (χ1) is 8.49. The highest BCUT2D eigenvalue weighted by molar-refractivity contribution is 5.78. The van der Waals surface area contributed by atoms with E-state index in [4.69, 9.17) is 9.15 Å². The molecule has 1 amide bonds. The van der Waals surface area contributed by atoms with Crippen molar-refractivity contribution in [2.75, 3.05) is 6.61 Å². The van der Waals surface area contributed by atoms with Gasteiger partial charge in [0.1, 0.15) is 4.92 Å². The van der Waals surface area contributed by atoms with Crippen molar-refractivity contribution in [1.29, 1.82) is 0 Å². The molecule has 0 aliphatic carbocycles. The molecular weight excluding hydrogens is 242 g/mol. The van der Waals surface area contributed by atoms with E-state index < -0.39 is 11.0 Å². The molecule has 0 aromatic carbocycles. The van der Waals surface area contributed by atoms with Gasteiger partial charge < -0.3 is 9.15 Å². The van der Waals surface area contributed by atoms with Crippen LogP contribution < -0.4 is 5.43 Å². The first kappa shape index (κ1) is 13.7. The minimum Gasteiger partial charge on any atom is -0.448 e. The number of hydrogen-bond acceptors (Lipinski definition) is 6. The molecule has 0 saturated heterocycles. The summed E-state index contributed by atoms with van der Waals surface area (Å²) < 4.78 is 9.57. The monoisotopic (exact) mass is 255 g/mol. The molecule has 0 unspecified atom stereocenters. The first-order valence-corrected chi connectivity index (χ1v) is 5.19. The second-order valence-electron chi connectivity index (χ2n) is 3.80. The molecule has 0 aliphatic heterocycles. The van der Waals surface area contributed by atoms with Gasteiger partial charge in [0, 0.05) is 0 Å². The fraction of sp³-hybridized carbons (Fsp3) is 0.400. The number of carbonyl (C=O) groups is 1. The zero-order chi connectivity index (χ0) is 13.5. The summed E-state index contributed by atoms with van der Waals surface area (Å²) in [6, 6.07) is 2.56. The van der Waals surface area contributed by atoms with Crippen LogP contribution in [0.3, 0.4) is 0 Å². The predicted octanol–water partition coefficient (Wildman–Crippen LogP) is 1.90. The quantitative estimate of drug-likeness (QED) is 0.491. The van der Waals surface area contributed by atoms with E-state index in [1.54, 1.807) is 0 Å². The van der Waals surface area contributed by atoms with Gasteiger partial charge in [-0.05, 0) is 12.0 Å². The number of nitrogens with zero attached hydrogens (tertiary/aromatic N) is 2. The molecule has 0 saturated carbocycles. The van der Waals surface area contributed by atoms with Crippen molar-refractivity contribution in [2.45, 2.75) is 13.8 Å². The molecule has 0 bridgehead atoms. The molecule has 0 fully saturated rings. The van der Waals surface area contributed by atoms with Crippen LogP contribution in [0.1, 0.15) is 19.6 Å². The zero-order valence-corrected chi connectivity index (χ0v) is 9.95. The van der Waals surface area contributed by atoms with Gasteiger partial charge in [0.25, 0.3) is 0 Å². The molecule has 0 radical (unpaired) electrons. The number of rotatable bonds is 5. The highest BCUT2D eigenvalue weighted by atomic mass is 16.6. The van der Waals surface area contributed by atoms with Crippen LogP contribution in [0, 0.1) is 16.0 Å². The van der Waals surface area contributed by atoms with E-state index >= 15 is 0 Å². The van der Waals surface area contributed by atoms with Crippen molar-refractivity contribution in [3.63, 3.8) is 0 Å². The number of hydrazone groups is 1. The minimum absolute atomic E-state index is 0.158. The average molecular weight is 255 g/mol. The lowest BCUT2D eigenvalue weighted by atomic mass is 10.2. The van der Waals surface area contributed by atoms with E-state index in [9.17, 15) is 14.9 Å². The smallest absolute Gasteiger partial charge is 0.433 e. The van der Waals surface area contributed by atoms with Gasteiger partial charge in [-0.2, -0.15) is 5.10 Å². The molecular formula is C10H13N3O5. The van der Waals surface area contributed by atoms with Crippen LogP contribution in [0.2, 0.25) is 0 Å². The second-order valence-corrected chi connectivity index (χ2v) is 3.80. The van der Waals surface area contributed by atoms with E-state index in [1.807, 2.05) is 13.8 Å². The van der Waals surface area contributed by atoms with Gasteiger partial charge >= 0.3 is 12.0 Å². The SMILES string of the molecule is CC(C)COC(=O)N/N=C/c1ccc([N+](=O)[O-])o1. The molecule has 0 spiro atoms. The summed E-state index contributed by atoms with van der Waals surface area (Å²) in [5, 5.41) is 13.8. The van der Waals surface area contributed by atoms with Gasteiger partial charge in [-0.1, -0.05) is 13.8 Å². The lowest BCUT2D eigenvalue weighted by Crippen LogP contribution is -2.20. The van der Waals surface area contributed by atoms with Crippen molar-refractivity contribution in [2.24, 2.45) is 11.0 Å². The lowest BCUT2D eigenvalue weighted by molar-refractivity contribution is -0.402. The maximum atomic E-state index is 11.1. The third-order valence-electron chi connectivity index (χ3n) is 1.69. The molecule has 1 rings (SSSR count). The Morgan fingerprint density at radius 2 is 2.39 bits per heavy atom. The van der Waals surface area contributed by atoms with Crippen LogP contribution in [-0.2, 0) is 4.74 Å². The van der Waals surface area contributed by atoms with Gasteiger partial charge in [-0.25, -0.2) is 10.2 Å². The molecule has 1 aromatic rings. The Balaban J connectivity index is 2.39. The number of furan rings is 1. The zero-order valence-electron chi connectivity index (χ0n) is 9.95. The number of ether oxygens (including phenoxy) is 1. The maximum Gasteiger partial charge on any atom is 0.433 e. The van der Waals surface area contributed by atoms with Crippen LogP contribution in [0.25, 0.3) is 0 Å². The average Bonchev–Trinajstić information content (AvgIpc) is 2.75. The number of nitrogens with one attached hydrogen (secondary N) is 1. The molecule has 98 valence electrons. The Morgan fingerprint density at radius 3 is 2.94 bits per heavy atom. The summed E-state index contributed by atoms with van der Waals surface area (Å²) in [4.78, 5) is 20.7. The Kier molecular flexibility index (Phi) is 4.85. The van der Waals surface area contributed by atoms with E-state index in [-0.39, 0.29) is 24.2 Å². The molecule has 8 nitrogen and oxygen atoms in total. The molecule has 8 heteroatoms. The Labute approximate surface area is 103 Å². The Bertz CT molecular complexity index is 452. The van der Waals surface area contributed by atoms with Gasteiger partial charge in [0.2, 0.25) is 0 Å². The third kappa shape index (κ3) is 4.64. The standard InChI is InChI=1S/C10H13N3O5/c1-7(2)6-17-10(14)12-11-5-8-3-4-9(18-8)13(15)16/h3-5,7H,6H2,1-2H3,(H,12,14)/b11-5+. The number of amides is 1. The van der Waals surface area contributed by atoms with Crippen molar-refractivity contribution in [1.82, 2.24) is 5.43 Å². The van der Waals surface area contributed by atoms with Gasteiger partial charge in [-0.15, -0.1) is 0 Å². The fourth-order valence-electron chi connectivity index (χ4n) is 0.933. The highest BCUT2D eigenvalue weighted by Gasteiger charge is 2.10. The van der Waals surface area contributed by atoms with E-state index in [0.29, 0.717) is 0 Å². The fourth-order valence-corrected chi connectivity index (χ4v) is 0.933. The molecule has 0 atom stereocenters. The number of hydrogen-bond donors (Lipinski definition) is 1. The predicted molar refractivity (Wildman–Crippen MR) is 62.3 cm³/mol. The van der Waals surface area contributed by atoms with Gasteiger partial charge in [0.05, 0.1) is 18.9 Å². The van der Waals surface area contributed by atoms with Crippen LogP contribution in [0.4, 0.5) is 10.7 Å². The molecule has 0 aliphatic rings. The van der Waals surface area contributed by atoms with Gasteiger partial charge in [-0.3, -0.25) is 10.1 Å². The topological polar surface area (TPSA) is 107 Å². The lowest BCUT2D eigenvalue weighted by Gasteiger charge is -2.05. The van der Waals surface area contributed by atoms with Crippen LogP contribution in [0.15, 0.2) is 21.7 Å². The second kappa shape index (κ2) is 6.38. The van der Waals surface area contributed by atoms with E-state index in [0.717, 1.165) is 6.21 Å². The molecule has 1 heterocycles. The summed E-state index contributed by atoms with van der Waals surface area (Å²) in [5.74, 6) is -0.00264. The molecule has 1 N–H and O–H groups in total. The van der Waals surface area contributed by atoms with E-state index in [1.165, 1.54) is 12.1 Å². The van der Waals surface area contributed by atoms with Crippen LogP contribution in [-0.4, -0.2) is 23.8 Å². The minimum atomic E-state index is -0.694. The summed E-state index contributed by atoms with van der Waals surface area (Å²) >= 11 is 0. The summed E-state index contributed by atoms with van der Waals surface area (Å²) in [6.07, 6.45) is 0.449. The van der Waals surface area contributed by atoms with Crippen molar-refractivity contribution < 1.29 is 18.9 Å². The first-order valence-electron chi connectivity index (χ1n) is 5.19. The van der Waals surface area contributed by atoms with Crippen molar-refractivity contribution in [3.8, 4) is 0 Å². The van der Waals surface area contributed by atoms with Crippen LogP contribution >= 0.6 is 0 Å². The van der Waals surface area contributed by atoms with Gasteiger partial charge in [0.15, 0.2) is 5.76 Å². The van der Waals surface area contributed by atoms with Crippen molar-refractivity contribution >= 4 is 18.2 Å². The summed E-state index contributed by atoms with van der Waals surface area (Å²) in [7, 11) is 0. The normalized spacial score (nSPS) is 10.8. The maximum absolute atomic E-state index is 11.1. The molecule has 18 heavy (non-hydrogen) atoms. The number of nitro groups is 1.